The summed E-state index contributed by atoms with van der Waals surface area (Å²) in [6, 6.07) is 10.1. The van der Waals surface area contributed by atoms with Crippen LogP contribution in [0.5, 0.6) is 0 Å². The molecule has 126 valence electrons. The summed E-state index contributed by atoms with van der Waals surface area (Å²) in [6.07, 6.45) is 1.68. The zero-order valence-electron chi connectivity index (χ0n) is 13.2. The van der Waals surface area contributed by atoms with Crippen LogP contribution in [0.3, 0.4) is 0 Å². The van der Waals surface area contributed by atoms with Gasteiger partial charge in [0.2, 0.25) is 0 Å². The van der Waals surface area contributed by atoms with Gasteiger partial charge in [0.05, 0.1) is 0 Å². The third kappa shape index (κ3) is 5.52. The maximum Gasteiger partial charge on any atom is 0.279 e. The molecule has 1 aromatic carbocycles. The fraction of sp³-hybridized carbons (Fsp3) is 0.600. The minimum atomic E-state index is -3.44. The average Bonchev–Trinajstić information content (AvgIpc) is 2.45. The van der Waals surface area contributed by atoms with E-state index in [1.807, 2.05) is 37.3 Å². The predicted octanol–water partition coefficient (Wildman–Crippen LogP) is 1.91. The molecule has 0 aromatic heterocycles. The van der Waals surface area contributed by atoms with Crippen LogP contribution in [0, 0.1) is 0 Å². The highest BCUT2D eigenvalue weighted by molar-refractivity contribution is 7.87. The van der Waals surface area contributed by atoms with E-state index in [4.69, 9.17) is 0 Å². The molecule has 0 saturated carbocycles. The molecule has 1 heterocycles. The van der Waals surface area contributed by atoms with Gasteiger partial charge < -0.3 is 5.32 Å². The van der Waals surface area contributed by atoms with Gasteiger partial charge in [0.1, 0.15) is 0 Å². The van der Waals surface area contributed by atoms with Gasteiger partial charge in [-0.1, -0.05) is 37.3 Å². The number of rotatable bonds is 6. The zero-order valence-corrected chi connectivity index (χ0v) is 14.8. The molecule has 0 spiro atoms. The van der Waals surface area contributed by atoms with Crippen molar-refractivity contribution in [1.29, 1.82) is 0 Å². The third-order valence-corrected chi connectivity index (χ3v) is 5.53. The van der Waals surface area contributed by atoms with E-state index in [0.29, 0.717) is 19.1 Å². The van der Waals surface area contributed by atoms with Gasteiger partial charge >= 0.3 is 0 Å². The van der Waals surface area contributed by atoms with Gasteiger partial charge in [0, 0.05) is 25.2 Å². The zero-order chi connectivity index (χ0) is 15.3. The minimum Gasteiger partial charge on any atom is -0.314 e. The van der Waals surface area contributed by atoms with Gasteiger partial charge in [-0.2, -0.15) is 17.4 Å². The molecule has 2 unspecified atom stereocenters. The normalized spacial score (nSPS) is 22.3. The quantitative estimate of drug-likeness (QED) is 0.826. The lowest BCUT2D eigenvalue weighted by Gasteiger charge is -2.30. The Morgan fingerprint density at radius 2 is 2.00 bits per heavy atom. The number of nitrogens with one attached hydrogen (secondary N) is 2. The van der Waals surface area contributed by atoms with Crippen molar-refractivity contribution >= 4 is 22.6 Å². The Kier molecular flexibility index (Phi) is 7.79. The number of piperidine rings is 1. The topological polar surface area (TPSA) is 61.4 Å². The average molecular weight is 348 g/mol. The predicted molar refractivity (Wildman–Crippen MR) is 92.3 cm³/mol. The summed E-state index contributed by atoms with van der Waals surface area (Å²) in [6.45, 7) is 5.69. The maximum absolute atomic E-state index is 12.5. The van der Waals surface area contributed by atoms with Crippen LogP contribution in [0.15, 0.2) is 30.3 Å². The van der Waals surface area contributed by atoms with Crippen molar-refractivity contribution < 1.29 is 8.42 Å². The van der Waals surface area contributed by atoms with Gasteiger partial charge in [-0.05, 0) is 31.9 Å². The lowest BCUT2D eigenvalue weighted by molar-refractivity contribution is 0.345. The van der Waals surface area contributed by atoms with Crippen molar-refractivity contribution in [1.82, 2.24) is 14.3 Å². The molecule has 7 heteroatoms. The molecule has 1 saturated heterocycles. The largest absolute Gasteiger partial charge is 0.314 e. The molecule has 22 heavy (non-hydrogen) atoms. The number of halogens is 1. The molecular weight excluding hydrogens is 322 g/mol. The van der Waals surface area contributed by atoms with Gasteiger partial charge in [-0.15, -0.1) is 12.4 Å². The van der Waals surface area contributed by atoms with Crippen molar-refractivity contribution in [2.45, 2.75) is 45.3 Å². The SMILES string of the molecule is CCN(Cc1ccccc1)S(=O)(=O)NC1CCNC(C)C1.Cl. The summed E-state index contributed by atoms with van der Waals surface area (Å²) < 4.78 is 29.4. The van der Waals surface area contributed by atoms with Crippen molar-refractivity contribution in [2.75, 3.05) is 13.1 Å². The first kappa shape index (κ1) is 19.4. The summed E-state index contributed by atoms with van der Waals surface area (Å²) in [5.41, 5.74) is 1.00. The van der Waals surface area contributed by atoms with E-state index in [1.54, 1.807) is 0 Å². The second-order valence-corrected chi connectivity index (χ2v) is 7.31. The molecule has 2 N–H and O–H groups in total. The van der Waals surface area contributed by atoms with Crippen LogP contribution in [-0.2, 0) is 16.8 Å². The monoisotopic (exact) mass is 347 g/mol. The molecule has 0 amide bonds. The molecule has 2 atom stereocenters. The van der Waals surface area contributed by atoms with E-state index in [1.165, 1.54) is 4.31 Å². The van der Waals surface area contributed by atoms with Gasteiger partial charge in [-0.3, -0.25) is 0 Å². The van der Waals surface area contributed by atoms with E-state index in [9.17, 15) is 8.42 Å². The molecule has 1 aliphatic heterocycles. The number of hydrogen-bond donors (Lipinski definition) is 2. The van der Waals surface area contributed by atoms with Crippen LogP contribution in [0.4, 0.5) is 0 Å². The molecule has 1 aliphatic rings. The van der Waals surface area contributed by atoms with E-state index < -0.39 is 10.2 Å². The molecule has 0 radical (unpaired) electrons. The minimum absolute atomic E-state index is 0. The van der Waals surface area contributed by atoms with Crippen LogP contribution in [-0.4, -0.2) is 37.9 Å². The first-order valence-corrected chi connectivity index (χ1v) is 9.00. The summed E-state index contributed by atoms with van der Waals surface area (Å²) in [5, 5.41) is 3.33. The summed E-state index contributed by atoms with van der Waals surface area (Å²) in [5.74, 6) is 0. The number of hydrogen-bond acceptors (Lipinski definition) is 3. The van der Waals surface area contributed by atoms with Gasteiger partial charge in [0.25, 0.3) is 10.2 Å². The molecule has 0 bridgehead atoms. The first-order valence-electron chi connectivity index (χ1n) is 7.56. The van der Waals surface area contributed by atoms with E-state index in [2.05, 4.69) is 17.0 Å². The van der Waals surface area contributed by atoms with Crippen molar-refractivity contribution in [3.05, 3.63) is 35.9 Å². The van der Waals surface area contributed by atoms with E-state index in [-0.39, 0.29) is 18.4 Å². The van der Waals surface area contributed by atoms with Crippen LogP contribution < -0.4 is 10.0 Å². The molecule has 5 nitrogen and oxygen atoms in total. The molecule has 1 aromatic rings. The van der Waals surface area contributed by atoms with E-state index >= 15 is 0 Å². The first-order chi connectivity index (χ1) is 10.0. The highest BCUT2D eigenvalue weighted by Crippen LogP contribution is 2.13. The van der Waals surface area contributed by atoms with Crippen LogP contribution in [0.2, 0.25) is 0 Å². The molecule has 1 fully saturated rings. The molecule has 2 rings (SSSR count). The lowest BCUT2D eigenvalue weighted by Crippen LogP contribution is -2.50. The van der Waals surface area contributed by atoms with Crippen LogP contribution in [0.1, 0.15) is 32.3 Å². The summed E-state index contributed by atoms with van der Waals surface area (Å²) in [4.78, 5) is 0. The number of benzene rings is 1. The number of nitrogens with zero attached hydrogens (tertiary/aromatic N) is 1. The fourth-order valence-corrected chi connectivity index (χ4v) is 4.12. The van der Waals surface area contributed by atoms with E-state index in [0.717, 1.165) is 24.9 Å². The second kappa shape index (κ2) is 8.84. The van der Waals surface area contributed by atoms with Gasteiger partial charge in [0.15, 0.2) is 0 Å². The summed E-state index contributed by atoms with van der Waals surface area (Å²) in [7, 11) is -3.44. The van der Waals surface area contributed by atoms with Crippen LogP contribution >= 0.6 is 12.4 Å². The highest BCUT2D eigenvalue weighted by Gasteiger charge is 2.27. The standard InChI is InChI=1S/C15H25N3O2S.ClH/c1-3-18(12-14-7-5-4-6-8-14)21(19,20)17-15-9-10-16-13(2)11-15;/h4-8,13,15-17H,3,9-12H2,1-2H3;1H. The third-order valence-electron chi connectivity index (χ3n) is 3.83. The Hall–Kier alpha value is -0.660. The van der Waals surface area contributed by atoms with Crippen molar-refractivity contribution in [2.24, 2.45) is 0 Å². The highest BCUT2D eigenvalue weighted by atomic mass is 35.5. The Balaban J connectivity index is 0.00000242. The van der Waals surface area contributed by atoms with Crippen LogP contribution in [0.25, 0.3) is 0 Å². The van der Waals surface area contributed by atoms with Gasteiger partial charge in [-0.25, -0.2) is 0 Å². The van der Waals surface area contributed by atoms with Crippen molar-refractivity contribution in [3.63, 3.8) is 0 Å². The Bertz CT molecular complexity index is 539. The lowest BCUT2D eigenvalue weighted by atomic mass is 10.0. The Labute approximate surface area is 140 Å². The second-order valence-electron chi connectivity index (χ2n) is 5.61. The molecule has 0 aliphatic carbocycles. The Morgan fingerprint density at radius 3 is 2.59 bits per heavy atom. The fourth-order valence-electron chi connectivity index (χ4n) is 2.68. The maximum atomic E-state index is 12.5. The van der Waals surface area contributed by atoms with Crippen molar-refractivity contribution in [3.8, 4) is 0 Å². The molecular formula is C15H26ClN3O2S. The smallest absolute Gasteiger partial charge is 0.279 e. The summed E-state index contributed by atoms with van der Waals surface area (Å²) >= 11 is 0. The Morgan fingerprint density at radius 1 is 1.32 bits per heavy atom.